The molecule has 2 heterocycles. The van der Waals surface area contributed by atoms with Gasteiger partial charge in [0.15, 0.2) is 17.3 Å². The number of rotatable bonds is 4. The molecule has 178 valence electrons. The largest absolute Gasteiger partial charge is 0.493 e. The van der Waals surface area contributed by atoms with Gasteiger partial charge in [-0.3, -0.25) is 9.59 Å². The van der Waals surface area contributed by atoms with Crippen molar-refractivity contribution < 1.29 is 23.8 Å². The maximum absolute atomic E-state index is 13.8. The summed E-state index contributed by atoms with van der Waals surface area (Å²) in [5, 5.41) is 3.36. The number of Topliss-reactive ketones (excluding diaryl/α,β-unsaturated/α-hetero) is 1. The lowest BCUT2D eigenvalue weighted by Gasteiger charge is -2.44. The highest BCUT2D eigenvalue weighted by Gasteiger charge is 2.47. The van der Waals surface area contributed by atoms with E-state index in [1.807, 2.05) is 17.0 Å². The normalized spacial score (nSPS) is 24.8. The van der Waals surface area contributed by atoms with Crippen molar-refractivity contribution in [2.24, 2.45) is 11.3 Å². The molecule has 1 aromatic carbocycles. The number of hydrogen-bond acceptors (Lipinski definition) is 6. The molecule has 0 saturated carbocycles. The molecule has 1 N–H and O–H groups in total. The van der Waals surface area contributed by atoms with Crippen LogP contribution in [0.4, 0.5) is 0 Å². The molecule has 1 aromatic rings. The lowest BCUT2D eigenvalue weighted by atomic mass is 9.66. The third-order valence-electron chi connectivity index (χ3n) is 6.65. The number of ketones is 1. The summed E-state index contributed by atoms with van der Waals surface area (Å²) in [4.78, 5) is 29.1. The first kappa shape index (κ1) is 23.8. The Bertz CT molecular complexity index is 1030. The Labute approximate surface area is 203 Å². The van der Waals surface area contributed by atoms with Crippen LogP contribution in [-0.2, 0) is 14.3 Å². The number of ether oxygens (including phenoxy) is 3. The molecule has 2 aliphatic heterocycles. The van der Waals surface area contributed by atoms with Crippen LogP contribution < -0.4 is 14.8 Å². The van der Waals surface area contributed by atoms with Crippen LogP contribution in [0.3, 0.4) is 0 Å². The molecule has 1 amide bonds. The minimum Gasteiger partial charge on any atom is -0.493 e. The van der Waals surface area contributed by atoms with Crippen molar-refractivity contribution in [2.45, 2.75) is 32.6 Å². The number of benzene rings is 1. The van der Waals surface area contributed by atoms with E-state index in [9.17, 15) is 9.59 Å². The molecule has 1 saturated heterocycles. The molecule has 4 rings (SSSR count). The molecule has 0 spiro atoms. The van der Waals surface area contributed by atoms with E-state index in [4.69, 9.17) is 14.2 Å². The number of amides is 1. The SMILES string of the molecule is C=C1NC2=C(C(=O)CC(C)(C)C2)C(c2cc(Br)c(OC)c(OC)c2)C1C(=O)N1CCOCC1. The zero-order valence-electron chi connectivity index (χ0n) is 19.6. The summed E-state index contributed by atoms with van der Waals surface area (Å²) in [6, 6.07) is 3.78. The summed E-state index contributed by atoms with van der Waals surface area (Å²) < 4.78 is 17.2. The van der Waals surface area contributed by atoms with Crippen LogP contribution in [0.25, 0.3) is 0 Å². The first-order valence-corrected chi connectivity index (χ1v) is 12.0. The second-order valence-electron chi connectivity index (χ2n) is 9.61. The van der Waals surface area contributed by atoms with Crippen molar-refractivity contribution >= 4 is 27.6 Å². The minimum absolute atomic E-state index is 0.0455. The molecular formula is C25H31BrN2O5. The minimum atomic E-state index is -0.614. The van der Waals surface area contributed by atoms with Crippen molar-refractivity contribution in [3.8, 4) is 11.5 Å². The standard InChI is InChI=1S/C25H31BrN2O5/c1-14-20(24(30)28-6-8-33-9-7-28)21(15-10-16(26)23(32-5)19(11-15)31-4)22-17(27-14)12-25(2,3)13-18(22)29/h10-11,20-21,27H,1,6-9,12-13H2,2-5H3. The van der Waals surface area contributed by atoms with Gasteiger partial charge in [-0.25, -0.2) is 0 Å². The van der Waals surface area contributed by atoms with Crippen molar-refractivity contribution in [2.75, 3.05) is 40.5 Å². The predicted octanol–water partition coefficient (Wildman–Crippen LogP) is 3.79. The van der Waals surface area contributed by atoms with E-state index < -0.39 is 11.8 Å². The lowest BCUT2D eigenvalue weighted by Crippen LogP contribution is -2.50. The number of allylic oxidation sites excluding steroid dienone is 2. The fourth-order valence-electron chi connectivity index (χ4n) is 5.20. The lowest BCUT2D eigenvalue weighted by molar-refractivity contribution is -0.139. The molecular weight excluding hydrogens is 488 g/mol. The first-order valence-electron chi connectivity index (χ1n) is 11.2. The average molecular weight is 519 g/mol. The fraction of sp³-hybridized carbons (Fsp3) is 0.520. The third-order valence-corrected chi connectivity index (χ3v) is 7.24. The van der Waals surface area contributed by atoms with Gasteiger partial charge < -0.3 is 24.4 Å². The Morgan fingerprint density at radius 1 is 1.21 bits per heavy atom. The van der Waals surface area contributed by atoms with Crippen molar-refractivity contribution in [1.29, 1.82) is 0 Å². The highest BCUT2D eigenvalue weighted by molar-refractivity contribution is 9.10. The molecule has 0 bridgehead atoms. The van der Waals surface area contributed by atoms with E-state index in [0.29, 0.717) is 60.0 Å². The van der Waals surface area contributed by atoms with Crippen molar-refractivity contribution in [3.05, 3.63) is 45.7 Å². The van der Waals surface area contributed by atoms with Gasteiger partial charge in [-0.15, -0.1) is 0 Å². The smallest absolute Gasteiger partial charge is 0.232 e. The van der Waals surface area contributed by atoms with Crippen LogP contribution in [0.1, 0.15) is 38.2 Å². The number of carbonyl (C=O) groups is 2. The van der Waals surface area contributed by atoms with Gasteiger partial charge in [0.25, 0.3) is 0 Å². The van der Waals surface area contributed by atoms with Crippen LogP contribution in [0, 0.1) is 11.3 Å². The maximum Gasteiger partial charge on any atom is 0.232 e. The van der Waals surface area contributed by atoms with Gasteiger partial charge in [0.05, 0.1) is 37.8 Å². The summed E-state index contributed by atoms with van der Waals surface area (Å²) in [5.41, 5.74) is 2.81. The van der Waals surface area contributed by atoms with Crippen LogP contribution in [-0.4, -0.2) is 57.1 Å². The Kier molecular flexibility index (Phi) is 6.60. The topological polar surface area (TPSA) is 77.1 Å². The summed E-state index contributed by atoms with van der Waals surface area (Å²) in [6.45, 7) is 10.5. The Balaban J connectivity index is 1.88. The number of methoxy groups -OCH3 is 2. The maximum atomic E-state index is 13.8. The van der Waals surface area contributed by atoms with E-state index in [0.717, 1.165) is 17.7 Å². The summed E-state index contributed by atoms with van der Waals surface area (Å²) in [6.07, 6.45) is 1.15. The number of nitrogens with zero attached hydrogens (tertiary/aromatic N) is 1. The predicted molar refractivity (Wildman–Crippen MR) is 128 cm³/mol. The van der Waals surface area contributed by atoms with Crippen LogP contribution in [0.15, 0.2) is 40.2 Å². The molecule has 2 unspecified atom stereocenters. The summed E-state index contributed by atoms with van der Waals surface area (Å²) in [5.74, 6) is 0.0401. The Morgan fingerprint density at radius 3 is 2.55 bits per heavy atom. The van der Waals surface area contributed by atoms with E-state index >= 15 is 0 Å². The van der Waals surface area contributed by atoms with E-state index in [1.165, 1.54) is 0 Å². The highest BCUT2D eigenvalue weighted by atomic mass is 79.9. The van der Waals surface area contributed by atoms with E-state index in [1.54, 1.807) is 14.2 Å². The van der Waals surface area contributed by atoms with Gasteiger partial charge in [0.1, 0.15) is 0 Å². The molecule has 1 aliphatic carbocycles. The Hall–Kier alpha value is -2.32. The van der Waals surface area contributed by atoms with Crippen molar-refractivity contribution in [1.82, 2.24) is 10.2 Å². The number of hydrogen-bond donors (Lipinski definition) is 1. The summed E-state index contributed by atoms with van der Waals surface area (Å²) >= 11 is 3.58. The molecule has 1 fully saturated rings. The third kappa shape index (κ3) is 4.43. The average Bonchev–Trinajstić information content (AvgIpc) is 2.76. The van der Waals surface area contributed by atoms with E-state index in [2.05, 4.69) is 41.7 Å². The quantitative estimate of drug-likeness (QED) is 0.653. The molecule has 3 aliphatic rings. The van der Waals surface area contributed by atoms with Crippen LogP contribution >= 0.6 is 15.9 Å². The molecule has 7 nitrogen and oxygen atoms in total. The van der Waals surface area contributed by atoms with Crippen LogP contribution in [0.5, 0.6) is 11.5 Å². The zero-order valence-corrected chi connectivity index (χ0v) is 21.2. The van der Waals surface area contributed by atoms with E-state index in [-0.39, 0.29) is 17.1 Å². The second kappa shape index (κ2) is 9.14. The van der Waals surface area contributed by atoms with Gasteiger partial charge in [-0.1, -0.05) is 20.4 Å². The number of nitrogens with one attached hydrogen (secondary N) is 1. The molecule has 0 aromatic heterocycles. The summed E-state index contributed by atoms with van der Waals surface area (Å²) in [7, 11) is 3.15. The first-order chi connectivity index (χ1) is 15.7. The van der Waals surface area contributed by atoms with Gasteiger partial charge in [0, 0.05) is 42.4 Å². The number of carbonyl (C=O) groups excluding carboxylic acids is 2. The van der Waals surface area contributed by atoms with Gasteiger partial charge >= 0.3 is 0 Å². The second-order valence-corrected chi connectivity index (χ2v) is 10.5. The number of halogens is 1. The highest BCUT2D eigenvalue weighted by Crippen LogP contribution is 2.50. The number of morpholine rings is 1. The Morgan fingerprint density at radius 2 is 1.91 bits per heavy atom. The monoisotopic (exact) mass is 518 g/mol. The van der Waals surface area contributed by atoms with Gasteiger partial charge in [-0.05, 0) is 45.5 Å². The molecule has 0 radical (unpaired) electrons. The fourth-order valence-corrected chi connectivity index (χ4v) is 5.82. The van der Waals surface area contributed by atoms with Gasteiger partial charge in [-0.2, -0.15) is 0 Å². The van der Waals surface area contributed by atoms with Crippen LogP contribution in [0.2, 0.25) is 0 Å². The molecule has 33 heavy (non-hydrogen) atoms. The van der Waals surface area contributed by atoms with Crippen molar-refractivity contribution in [3.63, 3.8) is 0 Å². The zero-order chi connectivity index (χ0) is 23.9. The van der Waals surface area contributed by atoms with Gasteiger partial charge in [0.2, 0.25) is 5.91 Å². The molecule has 2 atom stereocenters. The molecule has 8 heteroatoms.